The highest BCUT2D eigenvalue weighted by Crippen LogP contribution is 2.23. The Morgan fingerprint density at radius 2 is 2.12 bits per heavy atom. The van der Waals surface area contributed by atoms with Gasteiger partial charge in [-0.15, -0.1) is 0 Å². The minimum Gasteiger partial charge on any atom is -0.439 e. The van der Waals surface area contributed by atoms with Crippen LogP contribution in [0.4, 0.5) is 5.69 Å². The Bertz CT molecular complexity index is 555. The summed E-state index contributed by atoms with van der Waals surface area (Å²) >= 11 is 0. The van der Waals surface area contributed by atoms with Crippen LogP contribution in [0.15, 0.2) is 42.6 Å². The molecular weight excluding hydrogens is 220 g/mol. The number of non-ortho nitro benzene ring substituents is 1. The Balaban J connectivity index is 2.24. The summed E-state index contributed by atoms with van der Waals surface area (Å²) in [6.07, 6.45) is 1.63. The highest BCUT2D eigenvalue weighted by atomic mass is 16.6. The van der Waals surface area contributed by atoms with E-state index in [2.05, 4.69) is 4.98 Å². The zero-order valence-electron chi connectivity index (χ0n) is 9.16. The average molecular weight is 230 g/mol. The number of ether oxygens (including phenoxy) is 1. The number of hydrogen-bond acceptors (Lipinski definition) is 4. The van der Waals surface area contributed by atoms with Crippen molar-refractivity contribution in [2.75, 3.05) is 0 Å². The molecule has 0 saturated heterocycles. The molecule has 2 rings (SSSR count). The van der Waals surface area contributed by atoms with Crippen molar-refractivity contribution in [3.8, 4) is 11.6 Å². The number of rotatable bonds is 3. The lowest BCUT2D eigenvalue weighted by molar-refractivity contribution is -0.384. The van der Waals surface area contributed by atoms with Gasteiger partial charge in [0.25, 0.3) is 5.69 Å². The molecule has 0 aliphatic carbocycles. The highest BCUT2D eigenvalue weighted by Gasteiger charge is 2.07. The third-order valence-corrected chi connectivity index (χ3v) is 2.14. The summed E-state index contributed by atoms with van der Waals surface area (Å²) in [4.78, 5) is 14.1. The first-order valence-electron chi connectivity index (χ1n) is 5.00. The number of nitrogens with zero attached hydrogens (tertiary/aromatic N) is 2. The van der Waals surface area contributed by atoms with Gasteiger partial charge in [-0.1, -0.05) is 6.07 Å². The largest absolute Gasteiger partial charge is 0.439 e. The predicted molar refractivity (Wildman–Crippen MR) is 62.1 cm³/mol. The van der Waals surface area contributed by atoms with E-state index in [-0.39, 0.29) is 5.69 Å². The number of nitro groups is 1. The molecule has 0 atom stereocenters. The van der Waals surface area contributed by atoms with Gasteiger partial charge in [0.2, 0.25) is 5.88 Å². The molecule has 0 N–H and O–H groups in total. The molecule has 0 spiro atoms. The molecule has 17 heavy (non-hydrogen) atoms. The molecule has 0 fully saturated rings. The van der Waals surface area contributed by atoms with E-state index in [9.17, 15) is 10.1 Å². The van der Waals surface area contributed by atoms with Gasteiger partial charge in [0.05, 0.1) is 11.0 Å². The first-order chi connectivity index (χ1) is 8.15. The second-order valence-electron chi connectivity index (χ2n) is 3.53. The van der Waals surface area contributed by atoms with Gasteiger partial charge < -0.3 is 4.74 Å². The lowest BCUT2D eigenvalue weighted by Crippen LogP contribution is -1.91. The molecule has 86 valence electrons. The van der Waals surface area contributed by atoms with Crippen molar-refractivity contribution in [1.82, 2.24) is 4.98 Å². The van der Waals surface area contributed by atoms with Gasteiger partial charge in [-0.3, -0.25) is 10.1 Å². The quantitative estimate of drug-likeness (QED) is 0.600. The summed E-state index contributed by atoms with van der Waals surface area (Å²) in [7, 11) is 0. The van der Waals surface area contributed by atoms with Crippen LogP contribution in [-0.4, -0.2) is 9.91 Å². The molecule has 0 saturated carbocycles. The van der Waals surface area contributed by atoms with Crippen LogP contribution in [0.5, 0.6) is 11.6 Å². The average Bonchev–Trinajstić information content (AvgIpc) is 2.29. The number of pyridine rings is 1. The van der Waals surface area contributed by atoms with E-state index in [1.54, 1.807) is 24.4 Å². The molecule has 1 aromatic heterocycles. The standard InChI is InChI=1S/C12H10N2O3/c1-9-5-6-13-12(7-9)17-11-4-2-3-10(8-11)14(15)16/h2-8H,1H3. The van der Waals surface area contributed by atoms with Gasteiger partial charge in [-0.05, 0) is 24.6 Å². The van der Waals surface area contributed by atoms with Crippen molar-refractivity contribution >= 4 is 5.69 Å². The number of hydrogen-bond donors (Lipinski definition) is 0. The van der Waals surface area contributed by atoms with Gasteiger partial charge in [0.1, 0.15) is 5.75 Å². The summed E-state index contributed by atoms with van der Waals surface area (Å²) in [5, 5.41) is 10.6. The van der Waals surface area contributed by atoms with Crippen LogP contribution in [0.25, 0.3) is 0 Å². The fourth-order valence-corrected chi connectivity index (χ4v) is 1.35. The van der Waals surface area contributed by atoms with E-state index in [1.165, 1.54) is 12.1 Å². The summed E-state index contributed by atoms with van der Waals surface area (Å²) in [6.45, 7) is 1.92. The highest BCUT2D eigenvalue weighted by molar-refractivity contribution is 5.39. The van der Waals surface area contributed by atoms with Crippen LogP contribution in [-0.2, 0) is 0 Å². The maximum Gasteiger partial charge on any atom is 0.273 e. The minimum absolute atomic E-state index is 0.00449. The maximum atomic E-state index is 10.6. The van der Waals surface area contributed by atoms with Crippen LogP contribution >= 0.6 is 0 Å². The summed E-state index contributed by atoms with van der Waals surface area (Å²) < 4.78 is 5.43. The molecule has 0 bridgehead atoms. The van der Waals surface area contributed by atoms with Crippen LogP contribution in [0.2, 0.25) is 0 Å². The first kappa shape index (κ1) is 11.1. The Morgan fingerprint density at radius 1 is 1.29 bits per heavy atom. The lowest BCUT2D eigenvalue weighted by Gasteiger charge is -2.04. The van der Waals surface area contributed by atoms with Crippen LogP contribution < -0.4 is 4.74 Å². The summed E-state index contributed by atoms with van der Waals surface area (Å²) in [5.41, 5.74) is 1.01. The van der Waals surface area contributed by atoms with Gasteiger partial charge in [-0.2, -0.15) is 0 Å². The second kappa shape index (κ2) is 4.61. The van der Waals surface area contributed by atoms with E-state index in [1.807, 2.05) is 13.0 Å². The third kappa shape index (κ3) is 2.78. The second-order valence-corrected chi connectivity index (χ2v) is 3.53. The van der Waals surface area contributed by atoms with Crippen molar-refractivity contribution in [1.29, 1.82) is 0 Å². The van der Waals surface area contributed by atoms with Crippen molar-refractivity contribution < 1.29 is 9.66 Å². The first-order valence-corrected chi connectivity index (χ1v) is 5.00. The number of aryl methyl sites for hydroxylation is 1. The summed E-state index contributed by atoms with van der Waals surface area (Å²) in [6, 6.07) is 9.61. The van der Waals surface area contributed by atoms with Crippen molar-refractivity contribution in [2.24, 2.45) is 0 Å². The molecule has 0 amide bonds. The molecule has 5 heteroatoms. The van der Waals surface area contributed by atoms with Gasteiger partial charge in [0, 0.05) is 18.3 Å². The third-order valence-electron chi connectivity index (χ3n) is 2.14. The van der Waals surface area contributed by atoms with Gasteiger partial charge in [0.15, 0.2) is 0 Å². The monoisotopic (exact) mass is 230 g/mol. The topological polar surface area (TPSA) is 65.3 Å². The molecule has 2 aromatic rings. The number of aromatic nitrogens is 1. The zero-order valence-corrected chi connectivity index (χ0v) is 9.16. The molecule has 1 heterocycles. The van der Waals surface area contributed by atoms with E-state index in [0.717, 1.165) is 5.56 Å². The van der Waals surface area contributed by atoms with E-state index in [4.69, 9.17) is 4.74 Å². The molecule has 5 nitrogen and oxygen atoms in total. The van der Waals surface area contributed by atoms with Crippen molar-refractivity contribution in [3.63, 3.8) is 0 Å². The normalized spacial score (nSPS) is 9.94. The van der Waals surface area contributed by atoms with Crippen LogP contribution in [0.1, 0.15) is 5.56 Å². The van der Waals surface area contributed by atoms with Crippen LogP contribution in [0.3, 0.4) is 0 Å². The van der Waals surface area contributed by atoms with E-state index in [0.29, 0.717) is 11.6 Å². The number of nitro benzene ring substituents is 1. The molecule has 1 aromatic carbocycles. The predicted octanol–water partition coefficient (Wildman–Crippen LogP) is 3.09. The van der Waals surface area contributed by atoms with Crippen molar-refractivity contribution in [2.45, 2.75) is 6.92 Å². The SMILES string of the molecule is Cc1ccnc(Oc2cccc([N+](=O)[O-])c2)c1. The Hall–Kier alpha value is -2.43. The molecule has 0 unspecified atom stereocenters. The molecule has 0 aliphatic rings. The Morgan fingerprint density at radius 3 is 2.82 bits per heavy atom. The smallest absolute Gasteiger partial charge is 0.273 e. The van der Waals surface area contributed by atoms with E-state index < -0.39 is 4.92 Å². The van der Waals surface area contributed by atoms with E-state index >= 15 is 0 Å². The van der Waals surface area contributed by atoms with Crippen molar-refractivity contribution in [3.05, 3.63) is 58.3 Å². The molecular formula is C12H10N2O3. The fraction of sp³-hybridized carbons (Fsp3) is 0.0833. The number of benzene rings is 1. The Labute approximate surface area is 97.8 Å². The maximum absolute atomic E-state index is 10.6. The lowest BCUT2D eigenvalue weighted by atomic mass is 10.3. The minimum atomic E-state index is -0.462. The fourth-order valence-electron chi connectivity index (χ4n) is 1.35. The summed E-state index contributed by atoms with van der Waals surface area (Å²) in [5.74, 6) is 0.822. The molecule has 0 radical (unpaired) electrons. The van der Waals surface area contributed by atoms with Crippen LogP contribution in [0, 0.1) is 17.0 Å². The van der Waals surface area contributed by atoms with Gasteiger partial charge >= 0.3 is 0 Å². The molecule has 0 aliphatic heterocycles. The zero-order chi connectivity index (χ0) is 12.3. The van der Waals surface area contributed by atoms with Gasteiger partial charge in [-0.25, -0.2) is 4.98 Å². The Kier molecular flexibility index (Phi) is 3.00.